The SMILES string of the molecule is COc1ccc(N(CC(=O)N(Cc2ccccc2)[C@@H](C)C(=O)NC2CCCCC2)S(=O)(=O)c2ccc(C)c([N+](=O)[O-])c2)cc1. The van der Waals surface area contributed by atoms with Crippen molar-refractivity contribution in [3.8, 4) is 5.75 Å². The monoisotopic (exact) mass is 622 g/mol. The van der Waals surface area contributed by atoms with Crippen LogP contribution in [0.5, 0.6) is 5.75 Å². The van der Waals surface area contributed by atoms with E-state index in [0.29, 0.717) is 11.3 Å². The molecule has 0 spiro atoms. The topological polar surface area (TPSA) is 139 Å². The molecule has 3 aromatic carbocycles. The highest BCUT2D eigenvalue weighted by Crippen LogP contribution is 2.29. The molecule has 1 fully saturated rings. The van der Waals surface area contributed by atoms with Gasteiger partial charge in [-0.25, -0.2) is 8.42 Å². The second-order valence-electron chi connectivity index (χ2n) is 10.9. The van der Waals surface area contributed by atoms with Crippen LogP contribution in [0.25, 0.3) is 0 Å². The molecule has 0 aliphatic heterocycles. The number of rotatable bonds is 12. The Morgan fingerprint density at radius 3 is 2.30 bits per heavy atom. The number of anilines is 1. The van der Waals surface area contributed by atoms with Crippen molar-refractivity contribution in [2.45, 2.75) is 69.5 Å². The lowest BCUT2D eigenvalue weighted by Crippen LogP contribution is -2.53. The molecular formula is C32H38N4O7S. The fourth-order valence-electron chi connectivity index (χ4n) is 5.28. The van der Waals surface area contributed by atoms with E-state index < -0.39 is 33.4 Å². The largest absolute Gasteiger partial charge is 0.497 e. The van der Waals surface area contributed by atoms with Crippen LogP contribution in [0.15, 0.2) is 77.7 Å². The summed E-state index contributed by atoms with van der Waals surface area (Å²) in [7, 11) is -3.00. The van der Waals surface area contributed by atoms with Crippen LogP contribution in [0, 0.1) is 17.0 Å². The van der Waals surface area contributed by atoms with Crippen LogP contribution in [0.4, 0.5) is 11.4 Å². The van der Waals surface area contributed by atoms with E-state index in [4.69, 9.17) is 4.74 Å². The molecule has 4 rings (SSSR count). The van der Waals surface area contributed by atoms with Gasteiger partial charge in [-0.05, 0) is 62.6 Å². The van der Waals surface area contributed by atoms with Gasteiger partial charge >= 0.3 is 0 Å². The molecule has 0 heterocycles. The summed E-state index contributed by atoms with van der Waals surface area (Å²) in [5, 5.41) is 14.7. The Balaban J connectivity index is 1.71. The van der Waals surface area contributed by atoms with Crippen LogP contribution in [0.3, 0.4) is 0 Å². The summed E-state index contributed by atoms with van der Waals surface area (Å²) in [6.07, 6.45) is 4.92. The first-order chi connectivity index (χ1) is 21.0. The lowest BCUT2D eigenvalue weighted by atomic mass is 9.95. The highest BCUT2D eigenvalue weighted by Gasteiger charge is 2.34. The summed E-state index contributed by atoms with van der Waals surface area (Å²) in [4.78, 5) is 39.5. The third-order valence-electron chi connectivity index (χ3n) is 7.92. The van der Waals surface area contributed by atoms with E-state index in [9.17, 15) is 28.1 Å². The van der Waals surface area contributed by atoms with Crippen molar-refractivity contribution in [2.75, 3.05) is 18.0 Å². The van der Waals surface area contributed by atoms with Gasteiger partial charge in [0.05, 0.1) is 22.6 Å². The molecule has 1 aliphatic rings. The predicted octanol–water partition coefficient (Wildman–Crippen LogP) is 4.97. The summed E-state index contributed by atoms with van der Waals surface area (Å²) >= 11 is 0. The van der Waals surface area contributed by atoms with Crippen LogP contribution in [-0.2, 0) is 26.2 Å². The number of nitro groups is 1. The van der Waals surface area contributed by atoms with Crippen LogP contribution >= 0.6 is 0 Å². The number of benzene rings is 3. The summed E-state index contributed by atoms with van der Waals surface area (Å²) < 4.78 is 34.3. The third-order valence-corrected chi connectivity index (χ3v) is 9.69. The van der Waals surface area contributed by atoms with Gasteiger partial charge in [-0.1, -0.05) is 55.7 Å². The van der Waals surface area contributed by atoms with E-state index in [0.717, 1.165) is 48.0 Å². The maximum atomic E-state index is 14.1. The zero-order chi connectivity index (χ0) is 31.9. The lowest BCUT2D eigenvalue weighted by molar-refractivity contribution is -0.385. The van der Waals surface area contributed by atoms with Gasteiger partial charge in [0.15, 0.2) is 0 Å². The van der Waals surface area contributed by atoms with Crippen LogP contribution in [0.1, 0.15) is 50.2 Å². The summed E-state index contributed by atoms with van der Waals surface area (Å²) in [5.74, 6) is -0.447. The van der Waals surface area contributed by atoms with Gasteiger partial charge in [-0.2, -0.15) is 0 Å². The maximum absolute atomic E-state index is 14.1. The van der Waals surface area contributed by atoms with Crippen molar-refractivity contribution in [1.82, 2.24) is 10.2 Å². The van der Waals surface area contributed by atoms with Crippen molar-refractivity contribution in [2.24, 2.45) is 0 Å². The highest BCUT2D eigenvalue weighted by atomic mass is 32.2. The van der Waals surface area contributed by atoms with Crippen LogP contribution < -0.4 is 14.4 Å². The zero-order valence-corrected chi connectivity index (χ0v) is 26.0. The summed E-state index contributed by atoms with van der Waals surface area (Å²) in [5.41, 5.74) is 0.867. The quantitative estimate of drug-likeness (QED) is 0.222. The van der Waals surface area contributed by atoms with Crippen molar-refractivity contribution >= 4 is 33.2 Å². The average Bonchev–Trinajstić information content (AvgIpc) is 3.03. The van der Waals surface area contributed by atoms with Crippen LogP contribution in [-0.4, -0.2) is 55.8 Å². The number of methoxy groups -OCH3 is 1. The molecule has 12 heteroatoms. The van der Waals surface area contributed by atoms with E-state index in [1.807, 2.05) is 30.3 Å². The lowest BCUT2D eigenvalue weighted by Gasteiger charge is -2.33. The van der Waals surface area contributed by atoms with E-state index >= 15 is 0 Å². The molecular weight excluding hydrogens is 584 g/mol. The molecule has 1 aliphatic carbocycles. The molecule has 0 saturated heterocycles. The number of carbonyl (C=O) groups is 2. The molecule has 3 aromatic rings. The molecule has 0 radical (unpaired) electrons. The van der Waals surface area contributed by atoms with E-state index in [2.05, 4.69) is 5.32 Å². The van der Waals surface area contributed by atoms with Gasteiger partial charge in [-0.3, -0.25) is 24.0 Å². The number of carbonyl (C=O) groups excluding carboxylic acids is 2. The molecule has 0 aromatic heterocycles. The van der Waals surface area contributed by atoms with Gasteiger partial charge < -0.3 is 15.0 Å². The molecule has 0 bridgehead atoms. The average molecular weight is 623 g/mol. The predicted molar refractivity (Wildman–Crippen MR) is 167 cm³/mol. The van der Waals surface area contributed by atoms with Crippen molar-refractivity contribution < 1.29 is 27.7 Å². The fourth-order valence-corrected chi connectivity index (χ4v) is 6.72. The van der Waals surface area contributed by atoms with E-state index in [-0.39, 0.29) is 34.8 Å². The van der Waals surface area contributed by atoms with Crippen molar-refractivity contribution in [3.63, 3.8) is 0 Å². The van der Waals surface area contributed by atoms with Gasteiger partial charge in [0.25, 0.3) is 15.7 Å². The van der Waals surface area contributed by atoms with E-state index in [1.165, 1.54) is 43.2 Å². The molecule has 44 heavy (non-hydrogen) atoms. The summed E-state index contributed by atoms with van der Waals surface area (Å²) in [6.45, 7) is 2.57. The normalized spacial score (nSPS) is 14.3. The number of aryl methyl sites for hydroxylation is 1. The minimum absolute atomic E-state index is 0.0286. The number of amides is 2. The smallest absolute Gasteiger partial charge is 0.273 e. The first-order valence-corrected chi connectivity index (χ1v) is 16.0. The van der Waals surface area contributed by atoms with Gasteiger partial charge in [-0.15, -0.1) is 0 Å². The molecule has 11 nitrogen and oxygen atoms in total. The number of ether oxygens (including phenoxy) is 1. The van der Waals surface area contributed by atoms with Crippen molar-refractivity contribution in [3.05, 3.63) is 94.0 Å². The first-order valence-electron chi connectivity index (χ1n) is 14.6. The first kappa shape index (κ1) is 32.5. The molecule has 234 valence electrons. The number of sulfonamides is 1. The standard InChI is InChI=1S/C32H38N4O7S/c1-23-14-19-29(20-30(23)36(39)40)44(41,42)35(27-15-17-28(43-3)18-16-27)22-31(37)34(21-25-10-6-4-7-11-25)24(2)32(38)33-26-12-8-5-9-13-26/h4,6-7,10-11,14-20,24,26H,5,8-9,12-13,21-22H2,1-3H3,(H,33,38)/t24-/m0/s1. The summed E-state index contributed by atoms with van der Waals surface area (Å²) in [6, 6.07) is 18.0. The Morgan fingerprint density at radius 1 is 1.02 bits per heavy atom. The minimum Gasteiger partial charge on any atom is -0.497 e. The van der Waals surface area contributed by atoms with Gasteiger partial charge in [0.2, 0.25) is 11.8 Å². The third kappa shape index (κ3) is 7.73. The Kier molecular flexibility index (Phi) is 10.6. The number of nitrogens with zero attached hydrogens (tertiary/aromatic N) is 3. The molecule has 1 saturated carbocycles. The Hall–Kier alpha value is -4.45. The maximum Gasteiger partial charge on any atom is 0.273 e. The van der Waals surface area contributed by atoms with Gasteiger partial charge in [0.1, 0.15) is 18.3 Å². The highest BCUT2D eigenvalue weighted by molar-refractivity contribution is 7.92. The fraction of sp³-hybridized carbons (Fsp3) is 0.375. The van der Waals surface area contributed by atoms with Crippen molar-refractivity contribution in [1.29, 1.82) is 0 Å². The number of hydrogen-bond acceptors (Lipinski definition) is 7. The van der Waals surface area contributed by atoms with Gasteiger partial charge in [0, 0.05) is 24.2 Å². The molecule has 1 atom stereocenters. The number of nitro benzene ring substituents is 1. The Morgan fingerprint density at radius 2 is 1.68 bits per heavy atom. The zero-order valence-electron chi connectivity index (χ0n) is 25.1. The second-order valence-corrected chi connectivity index (χ2v) is 12.8. The Bertz CT molecular complexity index is 1570. The number of nitrogens with one attached hydrogen (secondary N) is 1. The van der Waals surface area contributed by atoms with E-state index in [1.54, 1.807) is 19.1 Å². The second kappa shape index (κ2) is 14.3. The molecule has 0 unspecified atom stereocenters. The Labute approximate surface area is 258 Å². The van der Waals surface area contributed by atoms with Crippen LogP contribution in [0.2, 0.25) is 0 Å². The number of hydrogen-bond donors (Lipinski definition) is 1. The molecule has 2 amide bonds. The minimum atomic E-state index is -4.48. The molecule has 1 N–H and O–H groups in total.